The van der Waals surface area contributed by atoms with Crippen molar-refractivity contribution in [2.45, 2.75) is 11.7 Å². The highest BCUT2D eigenvalue weighted by Gasteiger charge is 2.20. The standard InChI is InChI=1S/C25H22N4O4S/c1-31-20-10-6-5-7-18(20)14-26-23(30)15-34-25-28-27-24(29(25)19-8-3-2-4-9-19)17-11-12-21-22(13-17)33-16-32-21/h2-13H,14-16H2,1H3,(H,26,30). The van der Waals surface area contributed by atoms with Crippen molar-refractivity contribution in [3.05, 3.63) is 78.4 Å². The third-order valence-corrected chi connectivity index (χ3v) is 6.21. The first-order valence-corrected chi connectivity index (χ1v) is 11.6. The van der Waals surface area contributed by atoms with E-state index in [2.05, 4.69) is 15.5 Å². The molecule has 8 nitrogen and oxygen atoms in total. The number of para-hydroxylation sites is 2. The van der Waals surface area contributed by atoms with Gasteiger partial charge in [0.05, 0.1) is 12.9 Å². The largest absolute Gasteiger partial charge is 0.496 e. The maximum Gasteiger partial charge on any atom is 0.231 e. The maximum atomic E-state index is 12.6. The van der Waals surface area contributed by atoms with E-state index in [-0.39, 0.29) is 18.5 Å². The van der Waals surface area contributed by atoms with Gasteiger partial charge >= 0.3 is 0 Å². The van der Waals surface area contributed by atoms with Crippen molar-refractivity contribution in [2.75, 3.05) is 19.7 Å². The summed E-state index contributed by atoms with van der Waals surface area (Å²) < 4.78 is 18.2. The van der Waals surface area contributed by atoms with Gasteiger partial charge in [-0.15, -0.1) is 10.2 Å². The van der Waals surface area contributed by atoms with Crippen LogP contribution in [-0.4, -0.2) is 40.3 Å². The second kappa shape index (κ2) is 9.88. The number of aromatic nitrogens is 3. The van der Waals surface area contributed by atoms with E-state index < -0.39 is 0 Å². The van der Waals surface area contributed by atoms with E-state index in [1.54, 1.807) is 7.11 Å². The topological polar surface area (TPSA) is 87.5 Å². The number of hydrogen-bond acceptors (Lipinski definition) is 7. The van der Waals surface area contributed by atoms with Crippen LogP contribution in [0, 0.1) is 0 Å². The summed E-state index contributed by atoms with van der Waals surface area (Å²) in [6, 6.07) is 23.1. The van der Waals surface area contributed by atoms with E-state index >= 15 is 0 Å². The van der Waals surface area contributed by atoms with Crippen LogP contribution in [0.2, 0.25) is 0 Å². The van der Waals surface area contributed by atoms with E-state index in [1.807, 2.05) is 77.4 Å². The molecule has 2 heterocycles. The fourth-order valence-electron chi connectivity index (χ4n) is 3.62. The summed E-state index contributed by atoms with van der Waals surface area (Å²) in [5.41, 5.74) is 2.66. The SMILES string of the molecule is COc1ccccc1CNC(=O)CSc1nnc(-c2ccc3c(c2)OCO3)n1-c1ccccc1. The molecule has 4 aromatic rings. The van der Waals surface area contributed by atoms with Gasteiger partial charge < -0.3 is 19.5 Å². The van der Waals surface area contributed by atoms with Crippen molar-refractivity contribution in [1.82, 2.24) is 20.1 Å². The number of carbonyl (C=O) groups is 1. The Kier molecular flexibility index (Phi) is 6.35. The quantitative estimate of drug-likeness (QED) is 0.385. The van der Waals surface area contributed by atoms with Gasteiger partial charge in [-0.05, 0) is 36.4 Å². The minimum absolute atomic E-state index is 0.108. The third kappa shape index (κ3) is 4.55. The van der Waals surface area contributed by atoms with Gasteiger partial charge in [0.1, 0.15) is 5.75 Å². The van der Waals surface area contributed by atoms with Crippen LogP contribution in [0.5, 0.6) is 17.2 Å². The summed E-state index contributed by atoms with van der Waals surface area (Å²) >= 11 is 1.33. The lowest BCUT2D eigenvalue weighted by Gasteiger charge is -2.11. The molecular weight excluding hydrogens is 452 g/mol. The van der Waals surface area contributed by atoms with Gasteiger partial charge in [0, 0.05) is 23.4 Å². The summed E-state index contributed by atoms with van der Waals surface area (Å²) in [4.78, 5) is 12.6. The summed E-state index contributed by atoms with van der Waals surface area (Å²) in [6.45, 7) is 0.590. The van der Waals surface area contributed by atoms with E-state index in [4.69, 9.17) is 14.2 Å². The smallest absolute Gasteiger partial charge is 0.231 e. The Morgan fingerprint density at radius 3 is 2.68 bits per heavy atom. The molecule has 0 radical (unpaired) electrons. The molecule has 9 heteroatoms. The first-order chi connectivity index (χ1) is 16.7. The number of hydrogen-bond donors (Lipinski definition) is 1. The molecule has 0 saturated heterocycles. The molecule has 3 aromatic carbocycles. The van der Waals surface area contributed by atoms with Gasteiger partial charge in [0.25, 0.3) is 0 Å². The zero-order valence-corrected chi connectivity index (χ0v) is 19.2. The van der Waals surface area contributed by atoms with Crippen LogP contribution in [0.1, 0.15) is 5.56 Å². The lowest BCUT2D eigenvalue weighted by atomic mass is 10.2. The van der Waals surface area contributed by atoms with Crippen molar-refractivity contribution in [3.8, 4) is 34.3 Å². The lowest BCUT2D eigenvalue weighted by molar-refractivity contribution is -0.118. The Labute approximate surface area is 200 Å². The minimum atomic E-state index is -0.108. The average molecular weight is 475 g/mol. The molecule has 0 spiro atoms. The molecule has 1 aliphatic heterocycles. The van der Waals surface area contributed by atoms with Crippen LogP contribution in [0.4, 0.5) is 0 Å². The molecule has 1 N–H and O–H groups in total. The maximum absolute atomic E-state index is 12.6. The van der Waals surface area contributed by atoms with Crippen molar-refractivity contribution < 1.29 is 19.0 Å². The average Bonchev–Trinajstić information content (AvgIpc) is 3.53. The summed E-state index contributed by atoms with van der Waals surface area (Å²) in [5, 5.41) is 12.4. The van der Waals surface area contributed by atoms with Crippen LogP contribution in [0.3, 0.4) is 0 Å². The monoisotopic (exact) mass is 474 g/mol. The number of nitrogens with one attached hydrogen (secondary N) is 1. The van der Waals surface area contributed by atoms with Crippen LogP contribution in [-0.2, 0) is 11.3 Å². The van der Waals surface area contributed by atoms with Crippen molar-refractivity contribution >= 4 is 17.7 Å². The zero-order valence-electron chi connectivity index (χ0n) is 18.4. The number of methoxy groups -OCH3 is 1. The van der Waals surface area contributed by atoms with Gasteiger partial charge in [-0.2, -0.15) is 0 Å². The Morgan fingerprint density at radius 1 is 1.03 bits per heavy atom. The van der Waals surface area contributed by atoms with Crippen LogP contribution < -0.4 is 19.5 Å². The highest BCUT2D eigenvalue weighted by atomic mass is 32.2. The second-order valence-corrected chi connectivity index (χ2v) is 8.36. The lowest BCUT2D eigenvalue weighted by Crippen LogP contribution is -2.25. The highest BCUT2D eigenvalue weighted by molar-refractivity contribution is 7.99. The molecule has 1 aromatic heterocycles. The predicted octanol–water partition coefficient (Wildman–Crippen LogP) is 4.08. The summed E-state index contributed by atoms with van der Waals surface area (Å²) in [7, 11) is 1.62. The Balaban J connectivity index is 1.35. The number of benzene rings is 3. The van der Waals surface area contributed by atoms with Gasteiger partial charge in [-0.3, -0.25) is 9.36 Å². The molecule has 0 aliphatic carbocycles. The van der Waals surface area contributed by atoms with Crippen molar-refractivity contribution in [3.63, 3.8) is 0 Å². The molecule has 172 valence electrons. The number of rotatable bonds is 8. The van der Waals surface area contributed by atoms with E-state index in [0.717, 1.165) is 22.6 Å². The summed E-state index contributed by atoms with van der Waals surface area (Å²) in [5.74, 6) is 2.86. The van der Waals surface area contributed by atoms with Crippen LogP contribution >= 0.6 is 11.8 Å². The Morgan fingerprint density at radius 2 is 1.82 bits per heavy atom. The zero-order chi connectivity index (χ0) is 23.3. The minimum Gasteiger partial charge on any atom is -0.496 e. The molecule has 5 rings (SSSR count). The number of carbonyl (C=O) groups excluding carboxylic acids is 1. The van der Waals surface area contributed by atoms with E-state index in [9.17, 15) is 4.79 Å². The number of nitrogens with zero attached hydrogens (tertiary/aromatic N) is 3. The fraction of sp³-hybridized carbons (Fsp3) is 0.160. The van der Waals surface area contributed by atoms with Crippen molar-refractivity contribution in [2.24, 2.45) is 0 Å². The Hall–Kier alpha value is -3.98. The molecule has 1 aliphatic rings. The molecular formula is C25H22N4O4S. The van der Waals surface area contributed by atoms with Gasteiger partial charge in [0.15, 0.2) is 22.5 Å². The molecule has 0 unspecified atom stereocenters. The first-order valence-electron chi connectivity index (χ1n) is 10.6. The number of thioether (sulfide) groups is 1. The van der Waals surface area contributed by atoms with Crippen molar-refractivity contribution in [1.29, 1.82) is 0 Å². The molecule has 0 saturated carbocycles. The number of fused-ring (bicyclic) bond motifs is 1. The fourth-order valence-corrected chi connectivity index (χ4v) is 4.40. The van der Waals surface area contributed by atoms with E-state index in [1.165, 1.54) is 11.8 Å². The molecule has 0 bridgehead atoms. The van der Waals surface area contributed by atoms with Crippen LogP contribution in [0.25, 0.3) is 17.1 Å². The molecule has 34 heavy (non-hydrogen) atoms. The molecule has 0 fully saturated rings. The van der Waals surface area contributed by atoms with Crippen LogP contribution in [0.15, 0.2) is 78.0 Å². The second-order valence-electron chi connectivity index (χ2n) is 7.42. The highest BCUT2D eigenvalue weighted by Crippen LogP contribution is 2.37. The number of ether oxygens (including phenoxy) is 3. The summed E-state index contributed by atoms with van der Waals surface area (Å²) in [6.07, 6.45) is 0. The molecule has 1 amide bonds. The Bertz CT molecular complexity index is 1310. The van der Waals surface area contributed by atoms with Gasteiger partial charge in [-0.1, -0.05) is 48.2 Å². The first kappa shape index (κ1) is 21.8. The normalized spacial score (nSPS) is 11.9. The third-order valence-electron chi connectivity index (χ3n) is 5.28. The molecule has 0 atom stereocenters. The van der Waals surface area contributed by atoms with Gasteiger partial charge in [0.2, 0.25) is 12.7 Å². The number of amides is 1. The van der Waals surface area contributed by atoms with E-state index in [0.29, 0.717) is 29.0 Å². The van der Waals surface area contributed by atoms with Gasteiger partial charge in [-0.25, -0.2) is 0 Å². The predicted molar refractivity (Wildman–Crippen MR) is 128 cm³/mol.